The zero-order chi connectivity index (χ0) is 12.5. The minimum absolute atomic E-state index is 0.343. The first kappa shape index (κ1) is 14.2. The van der Waals surface area contributed by atoms with Crippen molar-refractivity contribution in [2.45, 2.75) is 51.7 Å². The van der Waals surface area contributed by atoms with Crippen molar-refractivity contribution in [3.63, 3.8) is 0 Å². The number of nitrogens with two attached hydrogens (primary N) is 1. The summed E-state index contributed by atoms with van der Waals surface area (Å²) in [6.45, 7) is 5.23. The molecule has 0 amide bonds. The van der Waals surface area contributed by atoms with E-state index in [1.54, 1.807) is 0 Å². The zero-order valence-corrected chi connectivity index (χ0v) is 11.1. The van der Waals surface area contributed by atoms with Gasteiger partial charge in [0.2, 0.25) is 0 Å². The normalized spacial score (nSPS) is 14.5. The molecular weight excluding hydrogens is 210 g/mol. The summed E-state index contributed by atoms with van der Waals surface area (Å²) in [6.07, 6.45) is 4.80. The van der Waals surface area contributed by atoms with E-state index >= 15 is 0 Å². The fourth-order valence-electron chi connectivity index (χ4n) is 2.01. The van der Waals surface area contributed by atoms with Crippen molar-refractivity contribution in [1.82, 2.24) is 0 Å². The Morgan fingerprint density at radius 3 is 2.53 bits per heavy atom. The SMILES string of the molecule is CCCCC[C@H](C)[NH2+]C[C@@H](O)c1ccccc1. The summed E-state index contributed by atoms with van der Waals surface area (Å²) in [5, 5.41) is 12.3. The van der Waals surface area contributed by atoms with E-state index < -0.39 is 0 Å². The van der Waals surface area contributed by atoms with Gasteiger partial charge in [-0.3, -0.25) is 0 Å². The molecule has 0 aromatic heterocycles. The Kier molecular flexibility index (Phi) is 6.90. The van der Waals surface area contributed by atoms with Crippen LogP contribution in [0.1, 0.15) is 51.2 Å². The van der Waals surface area contributed by atoms with Gasteiger partial charge < -0.3 is 10.4 Å². The van der Waals surface area contributed by atoms with Gasteiger partial charge in [0.15, 0.2) is 0 Å². The number of rotatable bonds is 8. The standard InChI is InChI=1S/C15H25NO/c1-3-4-6-9-13(2)16-12-15(17)14-10-7-5-8-11-14/h5,7-8,10-11,13,15-17H,3-4,6,9,12H2,1-2H3/p+1/t13-,15+/m0/s1. The topological polar surface area (TPSA) is 36.8 Å². The summed E-state index contributed by atoms with van der Waals surface area (Å²) < 4.78 is 0. The molecule has 0 fully saturated rings. The molecule has 2 heteroatoms. The highest BCUT2D eigenvalue weighted by atomic mass is 16.3. The molecule has 0 radical (unpaired) electrons. The largest absolute Gasteiger partial charge is 0.382 e. The van der Waals surface area contributed by atoms with Crippen LogP contribution >= 0.6 is 0 Å². The van der Waals surface area contributed by atoms with Crippen molar-refractivity contribution in [3.8, 4) is 0 Å². The van der Waals surface area contributed by atoms with Crippen molar-refractivity contribution >= 4 is 0 Å². The van der Waals surface area contributed by atoms with E-state index in [9.17, 15) is 5.11 Å². The third-order valence-corrected chi connectivity index (χ3v) is 3.21. The molecule has 3 N–H and O–H groups in total. The highest BCUT2D eigenvalue weighted by Crippen LogP contribution is 2.09. The van der Waals surface area contributed by atoms with Gasteiger partial charge >= 0.3 is 0 Å². The van der Waals surface area contributed by atoms with Crippen molar-refractivity contribution < 1.29 is 10.4 Å². The second-order valence-corrected chi connectivity index (χ2v) is 4.87. The van der Waals surface area contributed by atoms with Gasteiger partial charge in [-0.1, -0.05) is 50.1 Å². The maximum absolute atomic E-state index is 10.0. The summed E-state index contributed by atoms with van der Waals surface area (Å²) in [5.74, 6) is 0. The van der Waals surface area contributed by atoms with Crippen LogP contribution < -0.4 is 5.32 Å². The third kappa shape index (κ3) is 5.85. The second kappa shape index (κ2) is 8.26. The molecular formula is C15H26NO+. The minimum Gasteiger partial charge on any atom is -0.382 e. The average molecular weight is 236 g/mol. The molecule has 0 aliphatic rings. The Labute approximate surface area is 105 Å². The number of aliphatic hydroxyl groups excluding tert-OH is 1. The summed E-state index contributed by atoms with van der Waals surface area (Å²) in [6, 6.07) is 10.5. The molecule has 0 saturated carbocycles. The molecule has 1 aromatic carbocycles. The number of benzene rings is 1. The first-order chi connectivity index (χ1) is 8.24. The lowest BCUT2D eigenvalue weighted by molar-refractivity contribution is -0.693. The summed E-state index contributed by atoms with van der Waals surface area (Å²) in [4.78, 5) is 0. The molecule has 1 rings (SSSR count). The number of quaternary nitrogens is 1. The fraction of sp³-hybridized carbons (Fsp3) is 0.600. The van der Waals surface area contributed by atoms with Crippen LogP contribution in [0, 0.1) is 0 Å². The smallest absolute Gasteiger partial charge is 0.128 e. The number of hydrogen-bond donors (Lipinski definition) is 2. The molecule has 0 unspecified atom stereocenters. The lowest BCUT2D eigenvalue weighted by Crippen LogP contribution is -2.90. The van der Waals surface area contributed by atoms with Gasteiger partial charge in [0.05, 0.1) is 6.04 Å². The van der Waals surface area contributed by atoms with Gasteiger partial charge in [-0.05, 0) is 25.3 Å². The first-order valence-electron chi connectivity index (χ1n) is 6.80. The molecule has 0 bridgehead atoms. The monoisotopic (exact) mass is 236 g/mol. The van der Waals surface area contributed by atoms with Crippen LogP contribution in [0.2, 0.25) is 0 Å². The summed E-state index contributed by atoms with van der Waals surface area (Å²) >= 11 is 0. The zero-order valence-electron chi connectivity index (χ0n) is 11.1. The predicted molar refractivity (Wildman–Crippen MR) is 71.8 cm³/mol. The lowest BCUT2D eigenvalue weighted by Gasteiger charge is -2.14. The summed E-state index contributed by atoms with van der Waals surface area (Å²) in [7, 11) is 0. The molecule has 96 valence electrons. The highest BCUT2D eigenvalue weighted by Gasteiger charge is 2.11. The molecule has 0 spiro atoms. The van der Waals surface area contributed by atoms with E-state index in [-0.39, 0.29) is 6.10 Å². The van der Waals surface area contributed by atoms with Gasteiger partial charge in [0, 0.05) is 0 Å². The van der Waals surface area contributed by atoms with E-state index in [1.807, 2.05) is 30.3 Å². The molecule has 2 atom stereocenters. The Morgan fingerprint density at radius 2 is 1.88 bits per heavy atom. The van der Waals surface area contributed by atoms with Gasteiger partial charge in [-0.15, -0.1) is 0 Å². The van der Waals surface area contributed by atoms with Crippen molar-refractivity contribution in [1.29, 1.82) is 0 Å². The van der Waals surface area contributed by atoms with Gasteiger partial charge in [0.25, 0.3) is 0 Å². The Hall–Kier alpha value is -0.860. The van der Waals surface area contributed by atoms with E-state index in [1.165, 1.54) is 25.7 Å². The number of hydrogen-bond acceptors (Lipinski definition) is 1. The van der Waals surface area contributed by atoms with Crippen LogP contribution in [0.3, 0.4) is 0 Å². The third-order valence-electron chi connectivity index (χ3n) is 3.21. The first-order valence-corrected chi connectivity index (χ1v) is 6.80. The van der Waals surface area contributed by atoms with Crippen LogP contribution in [0.4, 0.5) is 0 Å². The van der Waals surface area contributed by atoms with Crippen LogP contribution in [-0.2, 0) is 0 Å². The maximum atomic E-state index is 10.0. The molecule has 0 heterocycles. The average Bonchev–Trinajstić information content (AvgIpc) is 2.37. The van der Waals surface area contributed by atoms with E-state index in [0.29, 0.717) is 6.04 Å². The molecule has 17 heavy (non-hydrogen) atoms. The Bertz CT molecular complexity index is 286. The van der Waals surface area contributed by atoms with Crippen LogP contribution in [0.25, 0.3) is 0 Å². The van der Waals surface area contributed by atoms with Gasteiger partial charge in [-0.25, -0.2) is 0 Å². The molecule has 0 aliphatic heterocycles. The quantitative estimate of drug-likeness (QED) is 0.667. The van der Waals surface area contributed by atoms with E-state index in [2.05, 4.69) is 19.2 Å². The maximum Gasteiger partial charge on any atom is 0.128 e. The lowest BCUT2D eigenvalue weighted by atomic mass is 10.1. The molecule has 0 aliphatic carbocycles. The van der Waals surface area contributed by atoms with E-state index in [0.717, 1.165) is 12.1 Å². The van der Waals surface area contributed by atoms with Crippen LogP contribution in [-0.4, -0.2) is 17.7 Å². The second-order valence-electron chi connectivity index (χ2n) is 4.87. The predicted octanol–water partition coefficient (Wildman–Crippen LogP) is 2.25. The molecule has 0 saturated heterocycles. The van der Waals surface area contributed by atoms with Gasteiger partial charge in [-0.2, -0.15) is 0 Å². The Balaban J connectivity index is 2.21. The number of aliphatic hydroxyl groups is 1. The minimum atomic E-state index is -0.343. The van der Waals surface area contributed by atoms with Gasteiger partial charge in [0.1, 0.15) is 12.6 Å². The van der Waals surface area contributed by atoms with Crippen molar-refractivity contribution in [3.05, 3.63) is 35.9 Å². The molecule has 1 aromatic rings. The summed E-state index contributed by atoms with van der Waals surface area (Å²) in [5.41, 5.74) is 1.02. The number of unbranched alkanes of at least 4 members (excludes halogenated alkanes) is 2. The highest BCUT2D eigenvalue weighted by molar-refractivity contribution is 5.16. The van der Waals surface area contributed by atoms with Crippen LogP contribution in [0.5, 0.6) is 0 Å². The van der Waals surface area contributed by atoms with Crippen molar-refractivity contribution in [2.24, 2.45) is 0 Å². The van der Waals surface area contributed by atoms with Crippen LogP contribution in [0.15, 0.2) is 30.3 Å². The Morgan fingerprint density at radius 1 is 1.18 bits per heavy atom. The molecule has 2 nitrogen and oxygen atoms in total. The van der Waals surface area contributed by atoms with Crippen molar-refractivity contribution in [2.75, 3.05) is 6.54 Å². The van der Waals surface area contributed by atoms with E-state index in [4.69, 9.17) is 0 Å². The fourth-order valence-corrected chi connectivity index (χ4v) is 2.01.